The number of nitrogens with zero attached hydrogens (tertiary/aromatic N) is 2. The Hall–Kier alpha value is -0.830. The van der Waals surface area contributed by atoms with Crippen molar-refractivity contribution in [2.24, 2.45) is 18.4 Å². The van der Waals surface area contributed by atoms with Crippen LogP contribution in [0.25, 0.3) is 0 Å². The third kappa shape index (κ3) is 3.58. The minimum Gasteiger partial charge on any atom is -0.314 e. The average Bonchev–Trinajstić information content (AvgIpc) is 2.61. The quantitative estimate of drug-likeness (QED) is 0.889. The van der Waals surface area contributed by atoms with Crippen LogP contribution < -0.4 is 5.32 Å². The summed E-state index contributed by atoms with van der Waals surface area (Å²) in [5.41, 5.74) is 1.81. The van der Waals surface area contributed by atoms with Gasteiger partial charge in [0.2, 0.25) is 0 Å². The molecular weight excluding hydrogens is 222 g/mol. The van der Waals surface area contributed by atoms with Crippen molar-refractivity contribution in [1.82, 2.24) is 15.1 Å². The maximum atomic E-state index is 4.21. The molecule has 0 bridgehead atoms. The largest absolute Gasteiger partial charge is 0.314 e. The van der Waals surface area contributed by atoms with E-state index < -0.39 is 0 Å². The van der Waals surface area contributed by atoms with Gasteiger partial charge in [0.1, 0.15) is 0 Å². The van der Waals surface area contributed by atoms with E-state index in [1.807, 2.05) is 17.9 Å². The van der Waals surface area contributed by atoms with Crippen LogP contribution in [0.3, 0.4) is 0 Å². The normalized spacial score (nSPS) is 27.3. The van der Waals surface area contributed by atoms with Gasteiger partial charge in [0, 0.05) is 37.9 Å². The Bertz CT molecular complexity index is 381. The van der Waals surface area contributed by atoms with Gasteiger partial charge in [0.25, 0.3) is 0 Å². The van der Waals surface area contributed by atoms with Gasteiger partial charge in [-0.25, -0.2) is 0 Å². The van der Waals surface area contributed by atoms with E-state index in [0.29, 0.717) is 11.5 Å². The van der Waals surface area contributed by atoms with Crippen LogP contribution in [0.2, 0.25) is 0 Å². The molecular formula is C15H27N3. The molecule has 1 aromatic rings. The fraction of sp³-hybridized carbons (Fsp3) is 0.800. The van der Waals surface area contributed by atoms with Crippen molar-refractivity contribution in [3.8, 4) is 0 Å². The van der Waals surface area contributed by atoms with E-state index in [9.17, 15) is 0 Å². The predicted octanol–water partition coefficient (Wildman–Crippen LogP) is 2.77. The minimum atomic E-state index is 0.502. The molecule has 1 saturated carbocycles. The van der Waals surface area contributed by atoms with Crippen LogP contribution in [0, 0.1) is 11.3 Å². The van der Waals surface area contributed by atoms with Crippen LogP contribution in [-0.2, 0) is 13.5 Å². The second-order valence-corrected chi connectivity index (χ2v) is 6.76. The highest BCUT2D eigenvalue weighted by Gasteiger charge is 2.31. The standard InChI is InChI=1S/C15H27N3/c1-12-9-13(11-15(2,3)10-12)16-7-5-14-6-8-17-18(14)4/h6,8,12-13,16H,5,7,9-11H2,1-4H3. The van der Waals surface area contributed by atoms with Crippen molar-refractivity contribution in [2.45, 2.75) is 52.5 Å². The summed E-state index contributed by atoms with van der Waals surface area (Å²) in [6, 6.07) is 2.80. The van der Waals surface area contributed by atoms with Gasteiger partial charge in [-0.05, 0) is 36.7 Å². The van der Waals surface area contributed by atoms with Gasteiger partial charge >= 0.3 is 0 Å². The molecule has 1 aromatic heterocycles. The third-order valence-electron chi connectivity index (χ3n) is 4.12. The Morgan fingerprint density at radius 2 is 2.22 bits per heavy atom. The van der Waals surface area contributed by atoms with E-state index >= 15 is 0 Å². The summed E-state index contributed by atoms with van der Waals surface area (Å²) in [4.78, 5) is 0. The Kier molecular flexibility index (Phi) is 4.10. The summed E-state index contributed by atoms with van der Waals surface area (Å²) in [5.74, 6) is 0.850. The number of rotatable bonds is 4. The zero-order valence-corrected chi connectivity index (χ0v) is 12.2. The predicted molar refractivity (Wildman–Crippen MR) is 75.5 cm³/mol. The zero-order valence-electron chi connectivity index (χ0n) is 12.2. The summed E-state index contributed by atoms with van der Waals surface area (Å²) in [5, 5.41) is 7.94. The molecule has 1 heterocycles. The molecule has 2 rings (SSSR count). The Balaban J connectivity index is 1.78. The first-order valence-electron chi connectivity index (χ1n) is 7.16. The van der Waals surface area contributed by atoms with Crippen molar-refractivity contribution in [1.29, 1.82) is 0 Å². The van der Waals surface area contributed by atoms with Gasteiger partial charge in [0.15, 0.2) is 0 Å². The molecule has 102 valence electrons. The Labute approximate surface area is 111 Å². The topological polar surface area (TPSA) is 29.9 Å². The maximum Gasteiger partial charge on any atom is 0.0492 e. The fourth-order valence-corrected chi connectivity index (χ4v) is 3.55. The van der Waals surface area contributed by atoms with Gasteiger partial charge in [-0.3, -0.25) is 4.68 Å². The van der Waals surface area contributed by atoms with Crippen LogP contribution >= 0.6 is 0 Å². The van der Waals surface area contributed by atoms with E-state index in [4.69, 9.17) is 0 Å². The van der Waals surface area contributed by atoms with Gasteiger partial charge in [-0.1, -0.05) is 20.8 Å². The molecule has 1 aliphatic carbocycles. The van der Waals surface area contributed by atoms with Crippen LogP contribution in [0.15, 0.2) is 12.3 Å². The van der Waals surface area contributed by atoms with Crippen molar-refractivity contribution < 1.29 is 0 Å². The number of aryl methyl sites for hydroxylation is 1. The van der Waals surface area contributed by atoms with Crippen molar-refractivity contribution in [3.63, 3.8) is 0 Å². The molecule has 2 atom stereocenters. The molecule has 1 aliphatic rings. The van der Waals surface area contributed by atoms with Crippen molar-refractivity contribution >= 4 is 0 Å². The van der Waals surface area contributed by atoms with E-state index in [1.165, 1.54) is 25.0 Å². The lowest BCUT2D eigenvalue weighted by Crippen LogP contribution is -2.41. The molecule has 0 aromatic carbocycles. The Morgan fingerprint density at radius 1 is 1.44 bits per heavy atom. The first-order chi connectivity index (χ1) is 8.46. The molecule has 0 saturated heterocycles. The van der Waals surface area contributed by atoms with Crippen molar-refractivity contribution in [3.05, 3.63) is 18.0 Å². The molecule has 0 amide bonds. The van der Waals surface area contributed by atoms with Gasteiger partial charge in [0.05, 0.1) is 0 Å². The van der Waals surface area contributed by atoms with Crippen LogP contribution in [0.1, 0.15) is 45.7 Å². The smallest absolute Gasteiger partial charge is 0.0492 e. The maximum absolute atomic E-state index is 4.21. The van der Waals surface area contributed by atoms with Gasteiger partial charge < -0.3 is 5.32 Å². The first-order valence-corrected chi connectivity index (χ1v) is 7.16. The molecule has 3 nitrogen and oxygen atoms in total. The number of aromatic nitrogens is 2. The highest BCUT2D eigenvalue weighted by molar-refractivity contribution is 5.00. The summed E-state index contributed by atoms with van der Waals surface area (Å²) in [7, 11) is 2.02. The molecule has 18 heavy (non-hydrogen) atoms. The lowest BCUT2D eigenvalue weighted by Gasteiger charge is -2.39. The molecule has 0 radical (unpaired) electrons. The summed E-state index contributed by atoms with van der Waals surface area (Å²) < 4.78 is 1.97. The molecule has 1 fully saturated rings. The summed E-state index contributed by atoms with van der Waals surface area (Å²) in [6.45, 7) is 8.25. The van der Waals surface area contributed by atoms with Crippen LogP contribution in [0.5, 0.6) is 0 Å². The molecule has 2 unspecified atom stereocenters. The van der Waals surface area contributed by atoms with Gasteiger partial charge in [-0.2, -0.15) is 5.10 Å². The first kappa shape index (κ1) is 13.6. The average molecular weight is 249 g/mol. The minimum absolute atomic E-state index is 0.502. The lowest BCUT2D eigenvalue weighted by atomic mass is 9.70. The van der Waals surface area contributed by atoms with Gasteiger partial charge in [-0.15, -0.1) is 0 Å². The second-order valence-electron chi connectivity index (χ2n) is 6.76. The summed E-state index contributed by atoms with van der Waals surface area (Å²) in [6.07, 6.45) is 6.95. The Morgan fingerprint density at radius 3 is 2.83 bits per heavy atom. The van der Waals surface area contributed by atoms with E-state index in [1.54, 1.807) is 0 Å². The third-order valence-corrected chi connectivity index (χ3v) is 4.12. The van der Waals surface area contributed by atoms with Crippen LogP contribution in [-0.4, -0.2) is 22.4 Å². The second kappa shape index (κ2) is 5.43. The molecule has 0 aliphatic heterocycles. The lowest BCUT2D eigenvalue weighted by molar-refractivity contribution is 0.152. The molecule has 3 heteroatoms. The van der Waals surface area contributed by atoms with E-state index in [-0.39, 0.29) is 0 Å². The highest BCUT2D eigenvalue weighted by Crippen LogP contribution is 2.38. The zero-order chi connectivity index (χ0) is 13.2. The molecule has 1 N–H and O–H groups in total. The van der Waals surface area contributed by atoms with E-state index in [2.05, 4.69) is 37.3 Å². The highest BCUT2D eigenvalue weighted by atomic mass is 15.3. The molecule has 0 spiro atoms. The van der Waals surface area contributed by atoms with Crippen molar-refractivity contribution in [2.75, 3.05) is 6.54 Å². The van der Waals surface area contributed by atoms with Crippen LogP contribution in [0.4, 0.5) is 0 Å². The number of nitrogens with one attached hydrogen (secondary N) is 1. The number of hydrogen-bond acceptors (Lipinski definition) is 2. The summed E-state index contributed by atoms with van der Waals surface area (Å²) >= 11 is 0. The monoisotopic (exact) mass is 249 g/mol. The number of hydrogen-bond donors (Lipinski definition) is 1. The fourth-order valence-electron chi connectivity index (χ4n) is 3.55. The SMILES string of the molecule is CC1CC(NCCc2ccnn2C)CC(C)(C)C1. The van der Waals surface area contributed by atoms with E-state index in [0.717, 1.165) is 18.9 Å².